The van der Waals surface area contributed by atoms with Gasteiger partial charge in [0.2, 0.25) is 0 Å². The van der Waals surface area contributed by atoms with Crippen molar-refractivity contribution in [2.75, 3.05) is 13.2 Å². The number of ether oxygens (including phenoxy) is 2. The van der Waals surface area contributed by atoms with Crippen molar-refractivity contribution in [3.63, 3.8) is 0 Å². The van der Waals surface area contributed by atoms with E-state index in [1.807, 2.05) is 48.5 Å². The van der Waals surface area contributed by atoms with Crippen LogP contribution in [0.15, 0.2) is 84.9 Å². The van der Waals surface area contributed by atoms with Crippen molar-refractivity contribution >= 4 is 16.7 Å². The van der Waals surface area contributed by atoms with Crippen molar-refractivity contribution in [3.8, 4) is 22.6 Å². The Balaban J connectivity index is 1.51. The number of rotatable bonds is 7. The molecule has 0 aliphatic rings. The molecule has 4 nitrogen and oxygen atoms in total. The third-order valence-electron chi connectivity index (χ3n) is 5.14. The van der Waals surface area contributed by atoms with Crippen LogP contribution in [0.5, 0.6) is 11.5 Å². The fraction of sp³-hybridized carbons (Fsp3) is 0.148. The van der Waals surface area contributed by atoms with Gasteiger partial charge in [-0.05, 0) is 64.2 Å². The first-order chi connectivity index (χ1) is 15.1. The van der Waals surface area contributed by atoms with Gasteiger partial charge in [-0.25, -0.2) is 4.79 Å². The predicted molar refractivity (Wildman–Crippen MR) is 122 cm³/mol. The fourth-order valence-corrected chi connectivity index (χ4v) is 3.56. The van der Waals surface area contributed by atoms with Crippen molar-refractivity contribution < 1.29 is 19.4 Å². The summed E-state index contributed by atoms with van der Waals surface area (Å²) in [4.78, 5) is 11.4. The lowest BCUT2D eigenvalue weighted by atomic mass is 9.97. The number of fused-ring (bicyclic) bond motifs is 1. The quantitative estimate of drug-likeness (QED) is 0.393. The highest BCUT2D eigenvalue weighted by molar-refractivity contribution is 5.83. The van der Waals surface area contributed by atoms with Crippen molar-refractivity contribution in [1.29, 1.82) is 0 Å². The average molecular weight is 412 g/mol. The molecule has 4 aromatic rings. The Hall–Kier alpha value is -3.79. The molecule has 0 radical (unpaired) electrons. The van der Waals surface area contributed by atoms with Crippen LogP contribution < -0.4 is 4.74 Å². The zero-order chi connectivity index (χ0) is 21.6. The zero-order valence-corrected chi connectivity index (χ0v) is 17.4. The van der Waals surface area contributed by atoms with E-state index in [0.717, 1.165) is 22.3 Å². The summed E-state index contributed by atoms with van der Waals surface area (Å²) in [5, 5.41) is 12.8. The summed E-state index contributed by atoms with van der Waals surface area (Å²) in [5.41, 5.74) is 4.03. The van der Waals surface area contributed by atoms with Crippen LogP contribution in [-0.2, 0) is 16.0 Å². The summed E-state index contributed by atoms with van der Waals surface area (Å²) in [6.07, 6.45) is 0.644. The summed E-state index contributed by atoms with van der Waals surface area (Å²) >= 11 is 0. The number of carbonyl (C=O) groups is 1. The van der Waals surface area contributed by atoms with Crippen LogP contribution in [0.3, 0.4) is 0 Å². The van der Waals surface area contributed by atoms with Crippen LogP contribution in [0.25, 0.3) is 21.9 Å². The minimum absolute atomic E-state index is 0.109. The van der Waals surface area contributed by atoms with Gasteiger partial charge in [-0.15, -0.1) is 0 Å². The van der Waals surface area contributed by atoms with Crippen LogP contribution in [0.4, 0.5) is 0 Å². The van der Waals surface area contributed by atoms with Crippen molar-refractivity contribution in [3.05, 3.63) is 96.1 Å². The van der Waals surface area contributed by atoms with Gasteiger partial charge in [0.1, 0.15) is 11.5 Å². The van der Waals surface area contributed by atoms with Crippen LogP contribution in [-0.4, -0.2) is 24.3 Å². The third-order valence-corrected chi connectivity index (χ3v) is 5.14. The van der Waals surface area contributed by atoms with E-state index in [9.17, 15) is 9.90 Å². The second-order valence-corrected chi connectivity index (χ2v) is 7.32. The molecule has 0 heterocycles. The summed E-state index contributed by atoms with van der Waals surface area (Å²) in [7, 11) is 0. The highest BCUT2D eigenvalue weighted by Gasteiger charge is 2.08. The number of carbonyl (C=O) groups excluding carboxylic acids is 1. The molecule has 0 saturated heterocycles. The Morgan fingerprint density at radius 3 is 2.35 bits per heavy atom. The van der Waals surface area contributed by atoms with Gasteiger partial charge in [-0.3, -0.25) is 0 Å². The van der Waals surface area contributed by atoms with E-state index in [4.69, 9.17) is 9.47 Å². The lowest BCUT2D eigenvalue weighted by Gasteiger charge is -2.10. The molecule has 4 heteroatoms. The minimum atomic E-state index is -0.386. The average Bonchev–Trinajstić information content (AvgIpc) is 2.80. The maximum Gasteiger partial charge on any atom is 0.344 e. The van der Waals surface area contributed by atoms with E-state index in [2.05, 4.69) is 30.3 Å². The maximum atomic E-state index is 11.4. The van der Waals surface area contributed by atoms with E-state index in [-0.39, 0.29) is 18.3 Å². The lowest BCUT2D eigenvalue weighted by Crippen LogP contribution is -2.14. The molecule has 0 bridgehead atoms. The molecule has 0 saturated carbocycles. The van der Waals surface area contributed by atoms with Gasteiger partial charge in [-0.2, -0.15) is 0 Å². The first-order valence-corrected chi connectivity index (χ1v) is 10.3. The molecule has 0 atom stereocenters. The second-order valence-electron chi connectivity index (χ2n) is 7.32. The van der Waals surface area contributed by atoms with Crippen molar-refractivity contribution in [2.45, 2.75) is 13.3 Å². The van der Waals surface area contributed by atoms with Gasteiger partial charge < -0.3 is 14.6 Å². The molecule has 0 unspecified atom stereocenters. The molecule has 4 rings (SSSR count). The van der Waals surface area contributed by atoms with Crippen molar-refractivity contribution in [1.82, 2.24) is 0 Å². The van der Waals surface area contributed by atoms with Gasteiger partial charge in [-0.1, -0.05) is 60.7 Å². The largest absolute Gasteiger partial charge is 0.508 e. The standard InChI is InChI=1S/C27H24O4/c1-2-30-27(29)18-31-25-12-9-21(10-13-25)23-11-14-26(28)24(17-23)16-19-7-8-20-5-3-4-6-22(20)15-19/h3-15,17,28H,2,16,18H2,1H3. The monoisotopic (exact) mass is 412 g/mol. The fourth-order valence-electron chi connectivity index (χ4n) is 3.56. The summed E-state index contributed by atoms with van der Waals surface area (Å²) in [6, 6.07) is 27.8. The van der Waals surface area contributed by atoms with E-state index in [0.29, 0.717) is 18.8 Å². The van der Waals surface area contributed by atoms with Crippen LogP contribution in [0.1, 0.15) is 18.1 Å². The number of hydrogen-bond acceptors (Lipinski definition) is 4. The Labute approximate surface area is 181 Å². The molecule has 0 amide bonds. The molecular weight excluding hydrogens is 388 g/mol. The maximum absolute atomic E-state index is 11.4. The third kappa shape index (κ3) is 5.04. The summed E-state index contributed by atoms with van der Waals surface area (Å²) in [6.45, 7) is 1.99. The SMILES string of the molecule is CCOC(=O)COc1ccc(-c2ccc(O)c(Cc3ccc4ccccc4c3)c2)cc1. The molecule has 0 fully saturated rings. The summed E-state index contributed by atoms with van der Waals surface area (Å²) < 4.78 is 10.3. The Morgan fingerprint density at radius 2 is 1.58 bits per heavy atom. The van der Waals surface area contributed by atoms with E-state index >= 15 is 0 Å². The molecule has 0 aromatic heterocycles. The highest BCUT2D eigenvalue weighted by Crippen LogP contribution is 2.29. The highest BCUT2D eigenvalue weighted by atomic mass is 16.6. The van der Waals surface area contributed by atoms with Gasteiger partial charge in [0.15, 0.2) is 6.61 Å². The molecule has 0 aliphatic carbocycles. The zero-order valence-electron chi connectivity index (χ0n) is 17.4. The first kappa shape index (κ1) is 20.5. The molecular formula is C27H24O4. The molecule has 31 heavy (non-hydrogen) atoms. The van der Waals surface area contributed by atoms with E-state index in [1.54, 1.807) is 13.0 Å². The number of aromatic hydroxyl groups is 1. The molecule has 1 N–H and O–H groups in total. The topological polar surface area (TPSA) is 55.8 Å². The number of phenols is 1. The van der Waals surface area contributed by atoms with Crippen LogP contribution >= 0.6 is 0 Å². The van der Waals surface area contributed by atoms with Crippen LogP contribution in [0, 0.1) is 0 Å². The Kier molecular flexibility index (Phi) is 6.18. The van der Waals surface area contributed by atoms with Gasteiger partial charge in [0.25, 0.3) is 0 Å². The number of esters is 1. The number of phenolic OH excluding ortho intramolecular Hbond substituents is 1. The lowest BCUT2D eigenvalue weighted by molar-refractivity contribution is -0.145. The molecule has 0 aliphatic heterocycles. The normalized spacial score (nSPS) is 10.7. The number of benzene rings is 4. The Morgan fingerprint density at radius 1 is 0.839 bits per heavy atom. The van der Waals surface area contributed by atoms with Crippen LogP contribution in [0.2, 0.25) is 0 Å². The van der Waals surface area contributed by atoms with Gasteiger partial charge in [0, 0.05) is 6.42 Å². The van der Waals surface area contributed by atoms with Gasteiger partial charge in [0.05, 0.1) is 6.61 Å². The molecule has 0 spiro atoms. The second kappa shape index (κ2) is 9.35. The predicted octanol–water partition coefficient (Wildman–Crippen LogP) is 5.75. The molecule has 156 valence electrons. The van der Waals surface area contributed by atoms with E-state index < -0.39 is 0 Å². The first-order valence-electron chi connectivity index (χ1n) is 10.3. The van der Waals surface area contributed by atoms with Crippen molar-refractivity contribution in [2.24, 2.45) is 0 Å². The van der Waals surface area contributed by atoms with Gasteiger partial charge >= 0.3 is 5.97 Å². The Bertz CT molecular complexity index is 1200. The minimum Gasteiger partial charge on any atom is -0.508 e. The van der Waals surface area contributed by atoms with E-state index in [1.165, 1.54) is 10.8 Å². The number of hydrogen-bond donors (Lipinski definition) is 1. The summed E-state index contributed by atoms with van der Waals surface area (Å²) in [5.74, 6) is 0.502. The molecule has 4 aromatic carbocycles. The smallest absolute Gasteiger partial charge is 0.344 e.